The highest BCUT2D eigenvalue weighted by molar-refractivity contribution is 5.79. The Balaban J connectivity index is 2.46. The maximum Gasteiger partial charge on any atom is 0.248 e. The van der Waals surface area contributed by atoms with Crippen molar-refractivity contribution in [2.45, 2.75) is 19.4 Å². The highest BCUT2D eigenvalue weighted by atomic mass is 19.1. The van der Waals surface area contributed by atoms with Crippen molar-refractivity contribution in [3.05, 3.63) is 35.4 Å². The van der Waals surface area contributed by atoms with E-state index >= 15 is 0 Å². The average Bonchev–Trinajstić information content (AvgIpc) is 2.20. The van der Waals surface area contributed by atoms with Crippen LogP contribution in [0.3, 0.4) is 0 Å². The van der Waals surface area contributed by atoms with Gasteiger partial charge in [-0.25, -0.2) is 8.78 Å². The number of hydrogen-bond donors (Lipinski definition) is 2. The molecule has 16 heavy (non-hydrogen) atoms. The molecule has 0 radical (unpaired) electrons. The molecule has 1 aromatic carbocycles. The monoisotopic (exact) mass is 229 g/mol. The lowest BCUT2D eigenvalue weighted by Gasteiger charge is -2.07. The van der Waals surface area contributed by atoms with Gasteiger partial charge in [-0.2, -0.15) is 0 Å². The molecule has 1 atom stereocenters. The number of aliphatic hydroxyl groups excluding tert-OH is 1. The number of halogens is 2. The molecular weight excluding hydrogens is 216 g/mol. The molecule has 0 saturated carbocycles. The molecule has 0 aliphatic rings. The fraction of sp³-hybridized carbons (Fsp3) is 0.364. The molecule has 3 nitrogen and oxygen atoms in total. The van der Waals surface area contributed by atoms with Crippen LogP contribution in [0, 0.1) is 11.6 Å². The number of hydrogen-bond acceptors (Lipinski definition) is 2. The largest absolute Gasteiger partial charge is 0.384 e. The van der Waals surface area contributed by atoms with E-state index < -0.39 is 23.6 Å². The minimum absolute atomic E-state index is 0.201. The number of carbonyl (C=O) groups excluding carboxylic acids is 1. The summed E-state index contributed by atoms with van der Waals surface area (Å²) >= 11 is 0. The Kier molecular flexibility index (Phi) is 4.37. The van der Waals surface area contributed by atoms with Crippen molar-refractivity contribution in [3.63, 3.8) is 0 Å². The molecule has 0 bridgehead atoms. The molecule has 0 fully saturated rings. The third-order valence-electron chi connectivity index (χ3n) is 2.09. The van der Waals surface area contributed by atoms with E-state index in [2.05, 4.69) is 5.32 Å². The SMILES string of the molecule is CC(O)C(=O)NCCc1ccc(F)cc1F. The maximum atomic E-state index is 13.1. The molecule has 0 aliphatic carbocycles. The van der Waals surface area contributed by atoms with Crippen molar-refractivity contribution in [2.75, 3.05) is 6.54 Å². The third-order valence-corrected chi connectivity index (χ3v) is 2.09. The zero-order chi connectivity index (χ0) is 12.1. The Morgan fingerprint density at radius 2 is 2.19 bits per heavy atom. The molecule has 1 amide bonds. The molecule has 5 heteroatoms. The number of carbonyl (C=O) groups is 1. The second-order valence-electron chi connectivity index (χ2n) is 3.45. The van der Waals surface area contributed by atoms with Gasteiger partial charge in [0.1, 0.15) is 17.7 Å². The van der Waals surface area contributed by atoms with Crippen LogP contribution in [-0.4, -0.2) is 23.7 Å². The standard InChI is InChI=1S/C11H13F2NO2/c1-7(15)11(16)14-5-4-8-2-3-9(12)6-10(8)13/h2-3,6-7,15H,4-5H2,1H3,(H,14,16). The van der Waals surface area contributed by atoms with E-state index in [9.17, 15) is 13.6 Å². The molecule has 0 aromatic heterocycles. The van der Waals surface area contributed by atoms with Crippen LogP contribution >= 0.6 is 0 Å². The van der Waals surface area contributed by atoms with Crippen molar-refractivity contribution in [3.8, 4) is 0 Å². The highest BCUT2D eigenvalue weighted by Gasteiger charge is 2.08. The molecule has 1 rings (SSSR count). The summed E-state index contributed by atoms with van der Waals surface area (Å²) in [6, 6.07) is 3.29. The van der Waals surface area contributed by atoms with Crippen molar-refractivity contribution in [1.82, 2.24) is 5.32 Å². The Labute approximate surface area is 92.1 Å². The Bertz CT molecular complexity index is 380. The van der Waals surface area contributed by atoms with Crippen LogP contribution in [-0.2, 0) is 11.2 Å². The van der Waals surface area contributed by atoms with E-state index in [1.54, 1.807) is 0 Å². The lowest BCUT2D eigenvalue weighted by Crippen LogP contribution is -2.33. The summed E-state index contributed by atoms with van der Waals surface area (Å²) in [7, 11) is 0. The first kappa shape index (κ1) is 12.6. The van der Waals surface area contributed by atoms with Crippen molar-refractivity contribution < 1.29 is 18.7 Å². The van der Waals surface area contributed by atoms with E-state index in [0.717, 1.165) is 12.1 Å². The molecule has 1 aromatic rings. The molecule has 0 spiro atoms. The summed E-state index contributed by atoms with van der Waals surface area (Å²) in [6.45, 7) is 1.54. The van der Waals surface area contributed by atoms with Gasteiger partial charge in [0.05, 0.1) is 0 Å². The van der Waals surface area contributed by atoms with Crippen molar-refractivity contribution in [1.29, 1.82) is 0 Å². The number of aliphatic hydroxyl groups is 1. The van der Waals surface area contributed by atoms with Crippen LogP contribution < -0.4 is 5.32 Å². The molecule has 2 N–H and O–H groups in total. The quantitative estimate of drug-likeness (QED) is 0.809. The summed E-state index contributed by atoms with van der Waals surface area (Å²) < 4.78 is 25.7. The van der Waals surface area contributed by atoms with Gasteiger partial charge in [0, 0.05) is 12.6 Å². The van der Waals surface area contributed by atoms with Crippen LogP contribution in [0.25, 0.3) is 0 Å². The van der Waals surface area contributed by atoms with Crippen LogP contribution in [0.4, 0.5) is 8.78 Å². The van der Waals surface area contributed by atoms with Gasteiger partial charge in [-0.3, -0.25) is 4.79 Å². The average molecular weight is 229 g/mol. The van der Waals surface area contributed by atoms with Crippen molar-refractivity contribution in [2.24, 2.45) is 0 Å². The van der Waals surface area contributed by atoms with Crippen LogP contribution in [0.5, 0.6) is 0 Å². The Hall–Kier alpha value is -1.49. The minimum Gasteiger partial charge on any atom is -0.384 e. The van der Waals surface area contributed by atoms with E-state index in [1.165, 1.54) is 13.0 Å². The molecule has 88 valence electrons. The lowest BCUT2D eigenvalue weighted by molar-refractivity contribution is -0.128. The summed E-state index contributed by atoms with van der Waals surface area (Å²) in [5.41, 5.74) is 0.326. The van der Waals surface area contributed by atoms with Gasteiger partial charge in [0.15, 0.2) is 0 Å². The fourth-order valence-corrected chi connectivity index (χ4v) is 1.19. The first-order valence-electron chi connectivity index (χ1n) is 4.90. The number of rotatable bonds is 4. The number of amides is 1. The predicted octanol–water partition coefficient (Wildman–Crippen LogP) is 1.00. The maximum absolute atomic E-state index is 13.1. The van der Waals surface area contributed by atoms with Crippen LogP contribution in [0.15, 0.2) is 18.2 Å². The van der Waals surface area contributed by atoms with Crippen LogP contribution in [0.2, 0.25) is 0 Å². The van der Waals surface area contributed by atoms with Gasteiger partial charge < -0.3 is 10.4 Å². The van der Waals surface area contributed by atoms with Gasteiger partial charge in [-0.05, 0) is 25.0 Å². The Morgan fingerprint density at radius 3 is 2.75 bits per heavy atom. The minimum atomic E-state index is -1.09. The van der Waals surface area contributed by atoms with Gasteiger partial charge in [0.2, 0.25) is 5.91 Å². The predicted molar refractivity (Wildman–Crippen MR) is 54.8 cm³/mol. The topological polar surface area (TPSA) is 49.3 Å². The van der Waals surface area contributed by atoms with E-state index in [0.29, 0.717) is 5.56 Å². The summed E-state index contributed by atoms with van der Waals surface area (Å²) in [5, 5.41) is 11.3. The zero-order valence-corrected chi connectivity index (χ0v) is 8.84. The Morgan fingerprint density at radius 1 is 1.50 bits per heavy atom. The van der Waals surface area contributed by atoms with Gasteiger partial charge in [-0.1, -0.05) is 6.07 Å². The van der Waals surface area contributed by atoms with E-state index in [4.69, 9.17) is 5.11 Å². The number of nitrogens with one attached hydrogen (secondary N) is 1. The zero-order valence-electron chi connectivity index (χ0n) is 8.84. The first-order valence-corrected chi connectivity index (χ1v) is 4.90. The highest BCUT2D eigenvalue weighted by Crippen LogP contribution is 2.09. The lowest BCUT2D eigenvalue weighted by atomic mass is 10.1. The van der Waals surface area contributed by atoms with Gasteiger partial charge >= 0.3 is 0 Å². The molecule has 0 aliphatic heterocycles. The van der Waals surface area contributed by atoms with Gasteiger partial charge in [-0.15, -0.1) is 0 Å². The smallest absolute Gasteiger partial charge is 0.248 e. The van der Waals surface area contributed by atoms with E-state index in [1.807, 2.05) is 0 Å². The first-order chi connectivity index (χ1) is 7.50. The molecular formula is C11H13F2NO2. The summed E-state index contributed by atoms with van der Waals surface area (Å²) in [4.78, 5) is 11.0. The summed E-state index contributed by atoms with van der Waals surface area (Å²) in [5.74, 6) is -1.77. The number of benzene rings is 1. The second-order valence-corrected chi connectivity index (χ2v) is 3.45. The normalized spacial score (nSPS) is 12.2. The molecule has 0 saturated heterocycles. The fourth-order valence-electron chi connectivity index (χ4n) is 1.19. The third kappa shape index (κ3) is 3.58. The van der Waals surface area contributed by atoms with Gasteiger partial charge in [0.25, 0.3) is 0 Å². The summed E-state index contributed by atoms with van der Waals surface area (Å²) in [6.07, 6.45) is -0.831. The van der Waals surface area contributed by atoms with Crippen LogP contribution in [0.1, 0.15) is 12.5 Å². The second kappa shape index (κ2) is 5.55. The molecule has 1 unspecified atom stereocenters. The van der Waals surface area contributed by atoms with E-state index in [-0.39, 0.29) is 13.0 Å². The molecule has 0 heterocycles. The van der Waals surface area contributed by atoms with Crippen molar-refractivity contribution >= 4 is 5.91 Å².